The van der Waals surface area contributed by atoms with E-state index in [0.29, 0.717) is 18.9 Å². The van der Waals surface area contributed by atoms with Crippen LogP contribution in [0.25, 0.3) is 0 Å². The third-order valence-electron chi connectivity index (χ3n) is 3.56. The average molecular weight is 334 g/mol. The first-order chi connectivity index (χ1) is 11.3. The van der Waals surface area contributed by atoms with Crippen molar-refractivity contribution in [1.82, 2.24) is 15.2 Å². The van der Waals surface area contributed by atoms with Gasteiger partial charge in [-0.05, 0) is 52.2 Å². The van der Waals surface area contributed by atoms with Gasteiger partial charge in [-0.2, -0.15) is 0 Å². The number of urea groups is 1. The number of nitrogens with zero attached hydrogens (tertiary/aromatic N) is 2. The number of pyridine rings is 1. The van der Waals surface area contributed by atoms with Gasteiger partial charge < -0.3 is 15.0 Å². The van der Waals surface area contributed by atoms with Crippen molar-refractivity contribution < 1.29 is 14.3 Å². The molecule has 132 valence electrons. The second-order valence-electron chi connectivity index (χ2n) is 6.93. The van der Waals surface area contributed by atoms with Gasteiger partial charge in [-0.3, -0.25) is 5.32 Å². The maximum absolute atomic E-state index is 12.3. The number of carbonyl (C=O) groups excluding carboxylic acids is 2. The van der Waals surface area contributed by atoms with Crippen LogP contribution in [-0.2, 0) is 4.74 Å². The lowest BCUT2D eigenvalue weighted by atomic mass is 10.1. The molecule has 1 saturated heterocycles. The molecule has 2 N–H and O–H groups in total. The first-order valence-corrected chi connectivity index (χ1v) is 8.30. The van der Waals surface area contributed by atoms with Crippen molar-refractivity contribution in [2.24, 2.45) is 0 Å². The van der Waals surface area contributed by atoms with Crippen molar-refractivity contribution in [3.05, 3.63) is 24.4 Å². The van der Waals surface area contributed by atoms with Gasteiger partial charge in [0.25, 0.3) is 0 Å². The highest BCUT2D eigenvalue weighted by Crippen LogP contribution is 2.15. The van der Waals surface area contributed by atoms with E-state index in [9.17, 15) is 9.59 Å². The number of amides is 3. The molecule has 1 aliphatic rings. The molecular formula is C17H26N4O3. The normalized spacial score (nSPS) is 18.5. The minimum atomic E-state index is -0.525. The minimum absolute atomic E-state index is 0.108. The Bertz CT molecular complexity index is 557. The van der Waals surface area contributed by atoms with E-state index in [1.165, 1.54) is 0 Å². The molecule has 7 heteroatoms. The molecule has 0 aromatic carbocycles. The summed E-state index contributed by atoms with van der Waals surface area (Å²) in [5.41, 5.74) is -0.525. The monoisotopic (exact) mass is 334 g/mol. The van der Waals surface area contributed by atoms with Crippen molar-refractivity contribution in [1.29, 1.82) is 0 Å². The van der Waals surface area contributed by atoms with Gasteiger partial charge in [-0.25, -0.2) is 14.6 Å². The summed E-state index contributed by atoms with van der Waals surface area (Å²) in [6.07, 6.45) is 3.97. The zero-order valence-corrected chi connectivity index (χ0v) is 14.5. The Hall–Kier alpha value is -2.31. The van der Waals surface area contributed by atoms with E-state index in [1.54, 1.807) is 29.3 Å². The third kappa shape index (κ3) is 6.06. The minimum Gasteiger partial charge on any atom is -0.444 e. The van der Waals surface area contributed by atoms with E-state index >= 15 is 0 Å². The first-order valence-electron chi connectivity index (χ1n) is 8.30. The highest BCUT2D eigenvalue weighted by atomic mass is 16.6. The molecule has 0 saturated carbocycles. The molecule has 0 spiro atoms. The Morgan fingerprint density at radius 3 is 2.75 bits per heavy atom. The number of anilines is 1. The number of nitrogens with one attached hydrogen (secondary N) is 2. The second kappa shape index (κ2) is 7.99. The highest BCUT2D eigenvalue weighted by Gasteiger charge is 2.27. The predicted octanol–water partition coefficient (Wildman–Crippen LogP) is 2.99. The number of rotatable bonds is 2. The number of ether oxygens (including phenoxy) is 1. The van der Waals surface area contributed by atoms with Crippen LogP contribution in [-0.4, -0.2) is 46.7 Å². The molecule has 1 fully saturated rings. The number of carbonyl (C=O) groups is 2. The SMILES string of the molecule is CC(C)(C)OC(=O)N1CCCC[C@H](NC(=O)Nc2ccccn2)C1. The summed E-state index contributed by atoms with van der Waals surface area (Å²) in [7, 11) is 0. The van der Waals surface area contributed by atoms with E-state index in [0.717, 1.165) is 19.3 Å². The Labute approximate surface area is 142 Å². The largest absolute Gasteiger partial charge is 0.444 e. The predicted molar refractivity (Wildman–Crippen MR) is 91.8 cm³/mol. The Balaban J connectivity index is 1.89. The molecule has 2 heterocycles. The van der Waals surface area contributed by atoms with Crippen LogP contribution in [0.3, 0.4) is 0 Å². The van der Waals surface area contributed by atoms with Crippen LogP contribution in [0.15, 0.2) is 24.4 Å². The fourth-order valence-electron chi connectivity index (χ4n) is 2.53. The summed E-state index contributed by atoms with van der Waals surface area (Å²) in [6.45, 7) is 6.63. The highest BCUT2D eigenvalue weighted by molar-refractivity contribution is 5.88. The van der Waals surface area contributed by atoms with Crippen molar-refractivity contribution in [3.63, 3.8) is 0 Å². The summed E-state index contributed by atoms with van der Waals surface area (Å²) in [5, 5.41) is 5.61. The standard InChI is InChI=1S/C17H26N4O3/c1-17(2,3)24-16(23)21-11-7-5-8-13(12-21)19-15(22)20-14-9-4-6-10-18-14/h4,6,9-10,13H,5,7-8,11-12H2,1-3H3,(H2,18,19,20,22)/t13-/m0/s1. The van der Waals surface area contributed by atoms with Gasteiger partial charge in [0.2, 0.25) is 0 Å². The van der Waals surface area contributed by atoms with Crippen LogP contribution in [0.2, 0.25) is 0 Å². The van der Waals surface area contributed by atoms with E-state index in [4.69, 9.17) is 4.74 Å². The molecule has 2 rings (SSSR count). The summed E-state index contributed by atoms with van der Waals surface area (Å²) in [6, 6.07) is 4.89. The lowest BCUT2D eigenvalue weighted by Gasteiger charge is -2.28. The number of aromatic nitrogens is 1. The summed E-state index contributed by atoms with van der Waals surface area (Å²) in [5.74, 6) is 0.493. The smallest absolute Gasteiger partial charge is 0.410 e. The molecule has 0 unspecified atom stereocenters. The van der Waals surface area contributed by atoms with Crippen molar-refractivity contribution in [2.45, 2.75) is 51.7 Å². The number of likely N-dealkylation sites (tertiary alicyclic amines) is 1. The number of hydrogen-bond donors (Lipinski definition) is 2. The van der Waals surface area contributed by atoms with Gasteiger partial charge >= 0.3 is 12.1 Å². The molecule has 7 nitrogen and oxygen atoms in total. The zero-order chi connectivity index (χ0) is 17.6. The molecule has 1 aromatic heterocycles. The fraction of sp³-hybridized carbons (Fsp3) is 0.588. The van der Waals surface area contributed by atoms with Gasteiger partial charge in [0.15, 0.2) is 0 Å². The van der Waals surface area contributed by atoms with Crippen molar-refractivity contribution >= 4 is 17.9 Å². The average Bonchev–Trinajstić information content (AvgIpc) is 2.72. The molecule has 0 aliphatic carbocycles. The lowest BCUT2D eigenvalue weighted by molar-refractivity contribution is 0.0245. The van der Waals surface area contributed by atoms with E-state index in [2.05, 4.69) is 15.6 Å². The van der Waals surface area contributed by atoms with E-state index in [1.807, 2.05) is 20.8 Å². The van der Waals surface area contributed by atoms with Crippen LogP contribution in [0.4, 0.5) is 15.4 Å². The van der Waals surface area contributed by atoms with E-state index in [-0.39, 0.29) is 18.2 Å². The molecule has 0 bridgehead atoms. The second-order valence-corrected chi connectivity index (χ2v) is 6.93. The topological polar surface area (TPSA) is 83.6 Å². The third-order valence-corrected chi connectivity index (χ3v) is 3.56. The van der Waals surface area contributed by atoms with Gasteiger partial charge in [0, 0.05) is 25.3 Å². The summed E-state index contributed by atoms with van der Waals surface area (Å²) in [4.78, 5) is 30.1. The van der Waals surface area contributed by atoms with Crippen LogP contribution >= 0.6 is 0 Å². The van der Waals surface area contributed by atoms with Crippen molar-refractivity contribution in [2.75, 3.05) is 18.4 Å². The summed E-state index contributed by atoms with van der Waals surface area (Å²) >= 11 is 0. The van der Waals surface area contributed by atoms with Crippen molar-refractivity contribution in [3.8, 4) is 0 Å². The number of hydrogen-bond acceptors (Lipinski definition) is 4. The quantitative estimate of drug-likeness (QED) is 0.871. The Morgan fingerprint density at radius 2 is 2.08 bits per heavy atom. The zero-order valence-electron chi connectivity index (χ0n) is 14.5. The molecule has 3 amide bonds. The maximum atomic E-state index is 12.3. The van der Waals surface area contributed by atoms with Crippen LogP contribution in [0.1, 0.15) is 40.0 Å². The van der Waals surface area contributed by atoms with Gasteiger partial charge in [-0.1, -0.05) is 6.07 Å². The molecule has 1 aromatic rings. The van der Waals surface area contributed by atoms with Gasteiger partial charge in [0.05, 0.1) is 0 Å². The molecule has 1 aliphatic heterocycles. The van der Waals surface area contributed by atoms with E-state index < -0.39 is 5.60 Å². The molecular weight excluding hydrogens is 308 g/mol. The lowest BCUT2D eigenvalue weighted by Crippen LogP contribution is -2.47. The first kappa shape index (κ1) is 18.0. The summed E-state index contributed by atoms with van der Waals surface area (Å²) < 4.78 is 5.43. The van der Waals surface area contributed by atoms with Crippen LogP contribution in [0, 0.1) is 0 Å². The molecule has 24 heavy (non-hydrogen) atoms. The fourth-order valence-corrected chi connectivity index (χ4v) is 2.53. The van der Waals surface area contributed by atoms with Crippen LogP contribution in [0.5, 0.6) is 0 Å². The van der Waals surface area contributed by atoms with Gasteiger partial charge in [-0.15, -0.1) is 0 Å². The maximum Gasteiger partial charge on any atom is 0.410 e. The Kier molecular flexibility index (Phi) is 6.00. The van der Waals surface area contributed by atoms with Crippen LogP contribution < -0.4 is 10.6 Å². The molecule has 1 atom stereocenters. The van der Waals surface area contributed by atoms with Gasteiger partial charge in [0.1, 0.15) is 11.4 Å². The molecule has 0 radical (unpaired) electrons. The Morgan fingerprint density at radius 1 is 1.29 bits per heavy atom.